The molecule has 0 aliphatic heterocycles. The highest BCUT2D eigenvalue weighted by Crippen LogP contribution is 2.40. The highest BCUT2D eigenvalue weighted by Gasteiger charge is 2.37. The van der Waals surface area contributed by atoms with E-state index in [2.05, 4.69) is 96.1 Å². The van der Waals surface area contributed by atoms with Gasteiger partial charge in [0.1, 0.15) is 15.9 Å². The van der Waals surface area contributed by atoms with Crippen molar-refractivity contribution < 1.29 is 26.1 Å². The molecule has 0 radical (unpaired) electrons. The van der Waals surface area contributed by atoms with Gasteiger partial charge >= 0.3 is 5.51 Å². The van der Waals surface area contributed by atoms with E-state index in [1.54, 1.807) is 49.3 Å². The molecule has 0 unspecified atom stereocenters. The molecule has 0 aliphatic carbocycles. The fourth-order valence-corrected chi connectivity index (χ4v) is 9.50. The minimum absolute atomic E-state index is 1.15. The van der Waals surface area contributed by atoms with E-state index in [0.717, 1.165) is 0 Å². The molecule has 250 valence electrons. The third kappa shape index (κ3) is 11.2. The van der Waals surface area contributed by atoms with Crippen molar-refractivity contribution in [3.63, 3.8) is 0 Å². The predicted molar refractivity (Wildman–Crippen MR) is 186 cm³/mol. The van der Waals surface area contributed by atoms with Crippen LogP contribution in [0.15, 0.2) is 54.6 Å². The minimum atomic E-state index is -6.09. The van der Waals surface area contributed by atoms with Crippen LogP contribution in [0.1, 0.15) is 113 Å². The Labute approximate surface area is 271 Å². The lowest BCUT2D eigenvalue weighted by atomic mass is 9.97. The lowest BCUT2D eigenvalue weighted by Crippen LogP contribution is -2.31. The van der Waals surface area contributed by atoms with Crippen LogP contribution in [0.2, 0.25) is 0 Å². The molecule has 0 fully saturated rings. The summed E-state index contributed by atoms with van der Waals surface area (Å²) in [6.45, 7) is 14.1. The van der Waals surface area contributed by atoms with E-state index in [4.69, 9.17) is 13.0 Å². The van der Waals surface area contributed by atoms with Gasteiger partial charge in [0.25, 0.3) is 0 Å². The van der Waals surface area contributed by atoms with Crippen molar-refractivity contribution in [1.82, 2.24) is 0 Å². The van der Waals surface area contributed by atoms with Gasteiger partial charge in [0.05, 0.1) is 7.92 Å². The average molecular weight is 665 g/mol. The maximum absolute atomic E-state index is 10.7. The van der Waals surface area contributed by atoms with Gasteiger partial charge in [-0.2, -0.15) is 13.2 Å². The van der Waals surface area contributed by atoms with E-state index in [1.807, 2.05) is 0 Å². The zero-order chi connectivity index (χ0) is 33.6. The average Bonchev–Trinajstić information content (AvgIpc) is 2.96. The van der Waals surface area contributed by atoms with Gasteiger partial charge in [-0.3, -0.25) is 0 Å². The van der Waals surface area contributed by atoms with Crippen molar-refractivity contribution in [3.05, 3.63) is 88.0 Å². The molecule has 0 spiro atoms. The van der Waals surface area contributed by atoms with Gasteiger partial charge in [-0.15, -0.1) is 0 Å². The largest absolute Gasteiger partial charge is 0.741 e. The highest BCUT2D eigenvalue weighted by molar-refractivity contribution is 7.86. The summed E-state index contributed by atoms with van der Waals surface area (Å²) in [6, 6.07) is 22.0. The topological polar surface area (TPSA) is 57.2 Å². The Kier molecular flexibility index (Phi) is 16.3. The summed E-state index contributed by atoms with van der Waals surface area (Å²) in [7, 11) is -7.24. The van der Waals surface area contributed by atoms with Crippen LogP contribution in [-0.2, 0) is 48.6 Å². The Morgan fingerprint density at radius 1 is 0.578 bits per heavy atom. The zero-order valence-corrected chi connectivity index (χ0v) is 29.8. The summed E-state index contributed by atoms with van der Waals surface area (Å²) in [5.74, 6) is 0. The van der Waals surface area contributed by atoms with E-state index in [0.29, 0.717) is 0 Å². The number of aryl methyl sites for hydroxylation is 6. The van der Waals surface area contributed by atoms with Gasteiger partial charge in [-0.25, -0.2) is 8.42 Å². The maximum atomic E-state index is 10.7. The van der Waals surface area contributed by atoms with Crippen LogP contribution in [0.4, 0.5) is 13.2 Å². The lowest BCUT2D eigenvalue weighted by Gasteiger charge is -2.24. The maximum Gasteiger partial charge on any atom is 0.485 e. The number of benzene rings is 3. The molecule has 0 heterocycles. The van der Waals surface area contributed by atoms with E-state index in [-0.39, 0.29) is 0 Å². The van der Waals surface area contributed by atoms with Crippen LogP contribution in [0, 0.1) is 0 Å². The smallest absolute Gasteiger partial charge is 0.485 e. The zero-order valence-electron chi connectivity index (χ0n) is 27.9. The molecular weight excluding hydrogens is 612 g/mol. The minimum Gasteiger partial charge on any atom is -0.741 e. The molecule has 45 heavy (non-hydrogen) atoms. The van der Waals surface area contributed by atoms with Crippen LogP contribution >= 0.6 is 7.92 Å². The van der Waals surface area contributed by atoms with Crippen LogP contribution in [0.3, 0.4) is 0 Å². The monoisotopic (exact) mass is 664 g/mol. The van der Waals surface area contributed by atoms with Crippen molar-refractivity contribution in [1.29, 1.82) is 0 Å². The lowest BCUT2D eigenvalue weighted by molar-refractivity contribution is -0.0517. The van der Waals surface area contributed by atoms with Crippen LogP contribution in [0.25, 0.3) is 0 Å². The van der Waals surface area contributed by atoms with Crippen molar-refractivity contribution >= 4 is 34.0 Å². The molecule has 0 N–H and O–H groups in total. The Bertz CT molecular complexity index is 1310. The second-order valence-corrected chi connectivity index (χ2v) is 15.4. The summed E-state index contributed by atoms with van der Waals surface area (Å²) in [4.78, 5) is 0. The van der Waals surface area contributed by atoms with Gasteiger partial charge in [0.15, 0.2) is 10.1 Å². The van der Waals surface area contributed by atoms with Crippen LogP contribution in [0.5, 0.6) is 0 Å². The molecule has 0 atom stereocenters. The third-order valence-electron chi connectivity index (χ3n) is 7.72. The van der Waals surface area contributed by atoms with Crippen molar-refractivity contribution in [2.75, 3.05) is 0 Å². The van der Waals surface area contributed by atoms with Gasteiger partial charge < -0.3 is 4.55 Å². The summed E-state index contributed by atoms with van der Waals surface area (Å²) < 4.78 is 58.9. The van der Waals surface area contributed by atoms with E-state index in [9.17, 15) is 13.2 Å². The second kappa shape index (κ2) is 18.8. The molecule has 8 heteroatoms. The first kappa shape index (κ1) is 39.0. The molecule has 3 aromatic carbocycles. The molecule has 0 saturated carbocycles. The van der Waals surface area contributed by atoms with E-state index < -0.39 is 23.5 Å². The molecule has 0 saturated heterocycles. The molecule has 0 bridgehead atoms. The molecular formula is C37H52F3O3PS. The second-order valence-electron chi connectivity index (χ2n) is 11.7. The van der Waals surface area contributed by atoms with E-state index in [1.165, 1.54) is 77.0 Å². The van der Waals surface area contributed by atoms with Gasteiger partial charge in [0, 0.05) is 0 Å². The van der Waals surface area contributed by atoms with Crippen molar-refractivity contribution in [2.45, 2.75) is 124 Å². The van der Waals surface area contributed by atoms with E-state index >= 15 is 0 Å². The predicted octanol–water partition coefficient (Wildman–Crippen LogP) is 8.94. The molecule has 3 rings (SSSR count). The quantitative estimate of drug-likeness (QED) is 0.0926. The van der Waals surface area contributed by atoms with Gasteiger partial charge in [0.2, 0.25) is 0 Å². The Balaban J connectivity index is 0.000000777. The third-order valence-corrected chi connectivity index (χ3v) is 11.5. The van der Waals surface area contributed by atoms with Crippen molar-refractivity contribution in [2.24, 2.45) is 0 Å². The van der Waals surface area contributed by atoms with Crippen molar-refractivity contribution in [3.8, 4) is 0 Å². The first-order valence-corrected chi connectivity index (χ1v) is 19.5. The summed E-state index contributed by atoms with van der Waals surface area (Å²) in [6.07, 6.45) is 14.4. The molecule has 3 aromatic rings. The SMILES string of the molecule is CCCc1cc(CCC)c([PH+](c2ccccc2)c2c(CCC)cc(CCC)cc2CCC)c(CCC)c1.O=S(=O)([O-])C(F)(F)F. The summed E-state index contributed by atoms with van der Waals surface area (Å²) >= 11 is 0. The Hall–Kier alpha value is -2.21. The number of hydrogen-bond acceptors (Lipinski definition) is 3. The normalized spacial score (nSPS) is 11.9. The number of rotatable bonds is 15. The number of hydrogen-bond donors (Lipinski definition) is 0. The van der Waals surface area contributed by atoms with Crippen LogP contribution < -0.4 is 15.9 Å². The van der Waals surface area contributed by atoms with Gasteiger partial charge in [-0.05, 0) is 84.0 Å². The molecule has 3 nitrogen and oxygen atoms in total. The molecule has 0 aliphatic rings. The highest BCUT2D eigenvalue weighted by atomic mass is 32.2. The Morgan fingerprint density at radius 2 is 0.867 bits per heavy atom. The summed E-state index contributed by atoms with van der Waals surface area (Å²) in [5, 5.41) is 5.00. The molecule has 0 amide bonds. The Morgan fingerprint density at radius 3 is 1.11 bits per heavy atom. The fraction of sp³-hybridized carbons (Fsp3) is 0.514. The molecule has 0 aromatic heterocycles. The first-order valence-electron chi connectivity index (χ1n) is 16.6. The fourth-order valence-electron chi connectivity index (χ4n) is 6.07. The standard InChI is InChI=1S/C36H51P.CHF3O3S/c1-7-16-28-24-30(18-9-3)35(31(25-28)19-10-4)37(34-22-14-13-15-23-34)36-32(20-11-5)26-29(17-8-2)27-33(36)21-12-6;2-1(3,4)8(5,6)7/h13-15,22-27H,7-12,16-21H2,1-6H3;(H,5,6,7). The van der Waals surface area contributed by atoms with Crippen LogP contribution in [-0.4, -0.2) is 18.5 Å². The first-order chi connectivity index (χ1) is 21.4. The number of halogens is 3. The van der Waals surface area contributed by atoms with Gasteiger partial charge in [-0.1, -0.05) is 123 Å². The summed E-state index contributed by atoms with van der Waals surface area (Å²) in [5.41, 5.74) is 4.00. The number of alkyl halides is 3.